The third kappa shape index (κ3) is 7.14. The second-order valence-electron chi connectivity index (χ2n) is 10.7. The first kappa shape index (κ1) is 29.4. The van der Waals surface area contributed by atoms with Crippen molar-refractivity contribution in [1.82, 2.24) is 9.88 Å². The molecule has 0 unspecified atom stereocenters. The summed E-state index contributed by atoms with van der Waals surface area (Å²) in [7, 11) is 1.71. The van der Waals surface area contributed by atoms with E-state index in [2.05, 4.69) is 10.6 Å². The quantitative estimate of drug-likeness (QED) is 0.369. The van der Waals surface area contributed by atoms with Gasteiger partial charge in [-0.05, 0) is 50.6 Å². The average molecular weight is 567 g/mol. The summed E-state index contributed by atoms with van der Waals surface area (Å²) >= 11 is 0. The molecule has 2 atom stereocenters. The van der Waals surface area contributed by atoms with Crippen molar-refractivity contribution in [3.63, 3.8) is 0 Å². The van der Waals surface area contributed by atoms with Crippen molar-refractivity contribution in [3.05, 3.63) is 54.2 Å². The number of benzene rings is 2. The molecular formula is C29H34N4O8. The summed E-state index contributed by atoms with van der Waals surface area (Å²) in [5, 5.41) is 17.0. The molecule has 4 rings (SSSR count). The highest BCUT2D eigenvalue weighted by molar-refractivity contribution is 6.05. The first-order valence-electron chi connectivity index (χ1n) is 13.1. The van der Waals surface area contributed by atoms with Crippen LogP contribution in [0.15, 0.2) is 48.7 Å². The van der Waals surface area contributed by atoms with Crippen molar-refractivity contribution in [2.75, 3.05) is 23.4 Å². The number of rotatable bonds is 7. The van der Waals surface area contributed by atoms with Gasteiger partial charge in [-0.2, -0.15) is 0 Å². The number of hydrogen-bond donors (Lipinski definition) is 3. The SMILES string of the molecule is CC(=O)O[C@@H](C(=O)Nc1ccc(CNC(=O)OC(C)(C)C)cc1)[C@H]1OCCN(c2ccc3cn(C)c(O)c3c2)C1=O. The molecule has 0 radical (unpaired) electrons. The molecule has 2 heterocycles. The van der Waals surface area contributed by atoms with Crippen molar-refractivity contribution in [2.24, 2.45) is 7.05 Å². The summed E-state index contributed by atoms with van der Waals surface area (Å²) in [6.45, 7) is 6.97. The van der Waals surface area contributed by atoms with Crippen LogP contribution in [-0.2, 0) is 42.2 Å². The topological polar surface area (TPSA) is 148 Å². The summed E-state index contributed by atoms with van der Waals surface area (Å²) in [6.07, 6.45) is -1.72. The maximum atomic E-state index is 13.5. The van der Waals surface area contributed by atoms with Crippen LogP contribution >= 0.6 is 0 Å². The maximum absolute atomic E-state index is 13.5. The minimum Gasteiger partial charge on any atom is -0.494 e. The number of carbonyl (C=O) groups excluding carboxylic acids is 4. The van der Waals surface area contributed by atoms with Gasteiger partial charge in [0.05, 0.1) is 6.61 Å². The molecule has 0 aliphatic carbocycles. The van der Waals surface area contributed by atoms with Gasteiger partial charge in [0, 0.05) is 55.4 Å². The molecule has 3 aromatic rings. The average Bonchev–Trinajstić information content (AvgIpc) is 3.18. The van der Waals surface area contributed by atoms with E-state index in [1.165, 1.54) is 4.90 Å². The number of morpholine rings is 1. The highest BCUT2D eigenvalue weighted by atomic mass is 16.6. The largest absolute Gasteiger partial charge is 0.494 e. The molecule has 1 saturated heterocycles. The van der Waals surface area contributed by atoms with Crippen LogP contribution < -0.4 is 15.5 Å². The van der Waals surface area contributed by atoms with Gasteiger partial charge in [-0.3, -0.25) is 14.4 Å². The van der Waals surface area contributed by atoms with Gasteiger partial charge >= 0.3 is 12.1 Å². The zero-order valence-corrected chi connectivity index (χ0v) is 23.6. The number of aryl methyl sites for hydroxylation is 1. The maximum Gasteiger partial charge on any atom is 0.407 e. The monoisotopic (exact) mass is 566 g/mol. The molecule has 0 saturated carbocycles. The number of ether oxygens (including phenoxy) is 3. The van der Waals surface area contributed by atoms with Crippen LogP contribution in [0.5, 0.6) is 5.88 Å². The molecule has 3 N–H and O–H groups in total. The van der Waals surface area contributed by atoms with E-state index in [-0.39, 0.29) is 25.6 Å². The Morgan fingerprint density at radius 2 is 1.85 bits per heavy atom. The minimum atomic E-state index is -1.55. The van der Waals surface area contributed by atoms with E-state index in [4.69, 9.17) is 14.2 Å². The Hall–Kier alpha value is -4.58. The molecule has 12 nitrogen and oxygen atoms in total. The van der Waals surface area contributed by atoms with E-state index in [0.717, 1.165) is 17.9 Å². The van der Waals surface area contributed by atoms with Crippen molar-refractivity contribution in [1.29, 1.82) is 0 Å². The summed E-state index contributed by atoms with van der Waals surface area (Å²) in [4.78, 5) is 52.0. The number of aromatic nitrogens is 1. The Balaban J connectivity index is 1.46. The fraction of sp³-hybridized carbons (Fsp3) is 0.379. The summed E-state index contributed by atoms with van der Waals surface area (Å²) in [6, 6.07) is 11.8. The van der Waals surface area contributed by atoms with Gasteiger partial charge in [-0.1, -0.05) is 18.2 Å². The number of hydrogen-bond acceptors (Lipinski definition) is 8. The Morgan fingerprint density at radius 3 is 2.51 bits per heavy atom. The first-order valence-corrected chi connectivity index (χ1v) is 13.1. The Morgan fingerprint density at radius 1 is 1.15 bits per heavy atom. The van der Waals surface area contributed by atoms with Crippen LogP contribution in [-0.4, -0.2) is 64.5 Å². The van der Waals surface area contributed by atoms with Crippen LogP contribution in [0.3, 0.4) is 0 Å². The molecule has 41 heavy (non-hydrogen) atoms. The first-order chi connectivity index (χ1) is 19.3. The normalized spacial score (nSPS) is 16.3. The second kappa shape index (κ2) is 11.9. The van der Waals surface area contributed by atoms with E-state index >= 15 is 0 Å². The van der Waals surface area contributed by atoms with Crippen molar-refractivity contribution in [2.45, 2.75) is 52.0 Å². The Labute approximate surface area is 237 Å². The Kier molecular flexibility index (Phi) is 8.52. The zero-order chi connectivity index (χ0) is 29.9. The van der Waals surface area contributed by atoms with Crippen molar-refractivity contribution < 1.29 is 38.5 Å². The van der Waals surface area contributed by atoms with Crippen LogP contribution in [0.4, 0.5) is 16.2 Å². The van der Waals surface area contributed by atoms with E-state index in [1.54, 1.807) is 81.0 Å². The predicted molar refractivity (Wildman–Crippen MR) is 150 cm³/mol. The summed E-state index contributed by atoms with van der Waals surface area (Å²) in [5.41, 5.74) is 1.04. The van der Waals surface area contributed by atoms with Gasteiger partial charge in [0.2, 0.25) is 6.10 Å². The van der Waals surface area contributed by atoms with E-state index in [9.17, 15) is 24.3 Å². The van der Waals surface area contributed by atoms with Gasteiger partial charge in [0.25, 0.3) is 11.8 Å². The number of nitrogens with zero attached hydrogens (tertiary/aromatic N) is 2. The number of esters is 1. The molecule has 12 heteroatoms. The number of carbonyl (C=O) groups is 4. The highest BCUT2D eigenvalue weighted by Crippen LogP contribution is 2.31. The minimum absolute atomic E-state index is 0.0583. The van der Waals surface area contributed by atoms with Crippen LogP contribution in [0.1, 0.15) is 33.3 Å². The molecular weight excluding hydrogens is 532 g/mol. The lowest BCUT2D eigenvalue weighted by Gasteiger charge is -2.35. The van der Waals surface area contributed by atoms with Gasteiger partial charge in [-0.25, -0.2) is 4.79 Å². The predicted octanol–water partition coefficient (Wildman–Crippen LogP) is 3.21. The number of amides is 3. The summed E-state index contributed by atoms with van der Waals surface area (Å²) in [5.74, 6) is -1.99. The van der Waals surface area contributed by atoms with E-state index in [0.29, 0.717) is 16.8 Å². The van der Waals surface area contributed by atoms with Gasteiger partial charge in [0.15, 0.2) is 12.0 Å². The standard InChI is InChI=1S/C29H34N4O8/c1-17(34)40-23(25(35)31-20-9-6-18(7-10-20)15-30-28(38)41-29(2,3)4)24-27(37)33(12-13-39-24)21-11-8-19-16-32(5)26(36)22(19)14-21/h6-11,14,16,23-24,36H,12-13,15H2,1-5H3,(H,30,38)(H,31,35)/t23-,24-/m1/s1. The van der Waals surface area contributed by atoms with Crippen molar-refractivity contribution >= 4 is 46.0 Å². The molecule has 0 spiro atoms. The lowest BCUT2D eigenvalue weighted by atomic mass is 10.1. The molecule has 3 amide bonds. The smallest absolute Gasteiger partial charge is 0.407 e. The number of alkyl carbamates (subject to hydrolysis) is 1. The van der Waals surface area contributed by atoms with Gasteiger partial charge in [0.1, 0.15) is 5.60 Å². The number of nitrogens with one attached hydrogen (secondary N) is 2. The lowest BCUT2D eigenvalue weighted by molar-refractivity contribution is -0.167. The zero-order valence-electron chi connectivity index (χ0n) is 23.6. The fourth-order valence-electron chi connectivity index (χ4n) is 4.40. The third-order valence-electron chi connectivity index (χ3n) is 6.26. The van der Waals surface area contributed by atoms with E-state index < -0.39 is 41.7 Å². The number of anilines is 2. The molecule has 1 aromatic heterocycles. The lowest BCUT2D eigenvalue weighted by Crippen LogP contribution is -2.56. The molecule has 2 aromatic carbocycles. The number of fused-ring (bicyclic) bond motifs is 1. The van der Waals surface area contributed by atoms with E-state index in [1.807, 2.05) is 0 Å². The Bertz CT molecular complexity index is 1460. The molecule has 218 valence electrons. The van der Waals surface area contributed by atoms with Crippen LogP contribution in [0, 0.1) is 0 Å². The number of aromatic hydroxyl groups is 1. The van der Waals surface area contributed by atoms with Crippen LogP contribution in [0.25, 0.3) is 10.8 Å². The third-order valence-corrected chi connectivity index (χ3v) is 6.26. The molecule has 1 aliphatic heterocycles. The van der Waals surface area contributed by atoms with Crippen molar-refractivity contribution in [3.8, 4) is 5.88 Å². The highest BCUT2D eigenvalue weighted by Gasteiger charge is 2.42. The second-order valence-corrected chi connectivity index (χ2v) is 10.7. The van der Waals surface area contributed by atoms with Gasteiger partial charge < -0.3 is 39.4 Å². The molecule has 1 aliphatic rings. The van der Waals surface area contributed by atoms with Gasteiger partial charge in [-0.15, -0.1) is 0 Å². The molecule has 0 bridgehead atoms. The fourth-order valence-corrected chi connectivity index (χ4v) is 4.40. The molecule has 1 fully saturated rings. The summed E-state index contributed by atoms with van der Waals surface area (Å²) < 4.78 is 17.7. The van der Waals surface area contributed by atoms with Crippen LogP contribution in [0.2, 0.25) is 0 Å².